The van der Waals surface area contributed by atoms with Gasteiger partial charge in [0, 0.05) is 44.0 Å². The summed E-state index contributed by atoms with van der Waals surface area (Å²) in [4.78, 5) is 26.5. The molecule has 1 atom stereocenters. The second kappa shape index (κ2) is 7.84. The Morgan fingerprint density at radius 1 is 1.21 bits per heavy atom. The fourth-order valence-corrected chi connectivity index (χ4v) is 4.52. The van der Waals surface area contributed by atoms with E-state index in [-0.39, 0.29) is 29.6 Å². The number of piperazine rings is 1. The SMILES string of the molecule is CC1CN(Cc2ccn(S(=O)(=O)c3ccc(F)cc3)c(=O)c2O)CCN1C(=O)O. The van der Waals surface area contributed by atoms with E-state index in [0.717, 1.165) is 30.5 Å². The minimum atomic E-state index is -4.29. The molecule has 3 rings (SSSR count). The molecule has 2 aromatic rings. The van der Waals surface area contributed by atoms with E-state index in [9.17, 15) is 27.5 Å². The maximum Gasteiger partial charge on any atom is 0.407 e. The van der Waals surface area contributed by atoms with Crippen LogP contribution in [0.5, 0.6) is 5.75 Å². The van der Waals surface area contributed by atoms with Crippen LogP contribution >= 0.6 is 0 Å². The van der Waals surface area contributed by atoms with Crippen molar-refractivity contribution in [3.05, 3.63) is 58.3 Å². The molecule has 0 spiro atoms. The van der Waals surface area contributed by atoms with Gasteiger partial charge in [0.2, 0.25) is 0 Å². The van der Waals surface area contributed by atoms with Crippen molar-refractivity contribution in [3.63, 3.8) is 0 Å². The van der Waals surface area contributed by atoms with Crippen molar-refractivity contribution in [1.29, 1.82) is 0 Å². The molecule has 1 aromatic carbocycles. The summed E-state index contributed by atoms with van der Waals surface area (Å²) in [6, 6.07) is 5.05. The van der Waals surface area contributed by atoms with Crippen LogP contribution in [0.15, 0.2) is 46.2 Å². The Labute approximate surface area is 166 Å². The van der Waals surface area contributed by atoms with Crippen molar-refractivity contribution in [3.8, 4) is 5.75 Å². The van der Waals surface area contributed by atoms with Crippen molar-refractivity contribution < 1.29 is 27.8 Å². The number of amides is 1. The first-order valence-electron chi connectivity index (χ1n) is 8.78. The lowest BCUT2D eigenvalue weighted by Crippen LogP contribution is -2.53. The summed E-state index contributed by atoms with van der Waals surface area (Å²) in [6.07, 6.45) is 0.0427. The lowest BCUT2D eigenvalue weighted by molar-refractivity contribution is 0.0707. The van der Waals surface area contributed by atoms with Crippen LogP contribution in [0.3, 0.4) is 0 Å². The van der Waals surface area contributed by atoms with Gasteiger partial charge in [-0.25, -0.2) is 21.6 Å². The molecule has 9 nitrogen and oxygen atoms in total. The first kappa shape index (κ1) is 20.8. The van der Waals surface area contributed by atoms with E-state index in [0.29, 0.717) is 17.1 Å². The van der Waals surface area contributed by atoms with Crippen molar-refractivity contribution in [1.82, 2.24) is 13.8 Å². The topological polar surface area (TPSA) is 120 Å². The van der Waals surface area contributed by atoms with Gasteiger partial charge in [0.15, 0.2) is 5.75 Å². The van der Waals surface area contributed by atoms with Gasteiger partial charge in [-0.3, -0.25) is 9.69 Å². The van der Waals surface area contributed by atoms with Gasteiger partial charge in [0.25, 0.3) is 10.0 Å². The number of pyridine rings is 1. The third kappa shape index (κ3) is 4.10. The number of aromatic nitrogens is 1. The Morgan fingerprint density at radius 3 is 2.45 bits per heavy atom. The van der Waals surface area contributed by atoms with Crippen LogP contribution in [0.1, 0.15) is 12.5 Å². The number of hydrogen-bond donors (Lipinski definition) is 2. The molecule has 0 aliphatic carbocycles. The average molecular weight is 425 g/mol. The smallest absolute Gasteiger partial charge is 0.407 e. The number of hydrogen-bond acceptors (Lipinski definition) is 6. The fourth-order valence-electron chi connectivity index (χ4n) is 3.28. The molecule has 0 radical (unpaired) electrons. The number of carboxylic acid groups (broad SMARTS) is 1. The highest BCUT2D eigenvalue weighted by Gasteiger charge is 2.28. The van der Waals surface area contributed by atoms with Crippen molar-refractivity contribution >= 4 is 16.1 Å². The van der Waals surface area contributed by atoms with E-state index in [1.807, 2.05) is 4.90 Å². The number of nitrogens with zero attached hydrogens (tertiary/aromatic N) is 3. The fraction of sp³-hybridized carbons (Fsp3) is 0.333. The summed E-state index contributed by atoms with van der Waals surface area (Å²) >= 11 is 0. The monoisotopic (exact) mass is 425 g/mol. The lowest BCUT2D eigenvalue weighted by atomic mass is 10.1. The second-order valence-corrected chi connectivity index (χ2v) is 8.62. The molecule has 1 saturated heterocycles. The van der Waals surface area contributed by atoms with E-state index >= 15 is 0 Å². The molecule has 1 aliphatic rings. The van der Waals surface area contributed by atoms with Gasteiger partial charge in [-0.2, -0.15) is 0 Å². The largest absolute Gasteiger partial charge is 0.503 e. The summed E-state index contributed by atoms with van der Waals surface area (Å²) in [7, 11) is -4.29. The molecule has 11 heteroatoms. The van der Waals surface area contributed by atoms with Crippen LogP contribution in [0.4, 0.5) is 9.18 Å². The maximum atomic E-state index is 13.0. The Kier molecular flexibility index (Phi) is 5.62. The number of halogens is 1. The summed E-state index contributed by atoms with van der Waals surface area (Å²) < 4.78 is 38.7. The predicted octanol–water partition coefficient (Wildman–Crippen LogP) is 1.11. The number of rotatable bonds is 4. The highest BCUT2D eigenvalue weighted by molar-refractivity contribution is 7.90. The van der Waals surface area contributed by atoms with E-state index < -0.39 is 33.2 Å². The van der Waals surface area contributed by atoms with Crippen molar-refractivity contribution in [2.45, 2.75) is 24.4 Å². The van der Waals surface area contributed by atoms with Gasteiger partial charge in [0.1, 0.15) is 5.82 Å². The first-order valence-corrected chi connectivity index (χ1v) is 10.2. The van der Waals surface area contributed by atoms with Gasteiger partial charge < -0.3 is 15.1 Å². The van der Waals surface area contributed by atoms with Gasteiger partial charge in [-0.05, 0) is 37.3 Å². The van der Waals surface area contributed by atoms with Crippen LogP contribution in [0.2, 0.25) is 0 Å². The molecule has 1 unspecified atom stereocenters. The van der Waals surface area contributed by atoms with Crippen LogP contribution in [0.25, 0.3) is 0 Å². The van der Waals surface area contributed by atoms with E-state index in [1.54, 1.807) is 6.92 Å². The zero-order chi connectivity index (χ0) is 21.3. The van der Waals surface area contributed by atoms with Gasteiger partial charge in [-0.15, -0.1) is 0 Å². The predicted molar refractivity (Wildman–Crippen MR) is 101 cm³/mol. The lowest BCUT2D eigenvalue weighted by Gasteiger charge is -2.38. The highest BCUT2D eigenvalue weighted by Crippen LogP contribution is 2.20. The maximum absolute atomic E-state index is 13.0. The molecule has 0 bridgehead atoms. The Hall–Kier alpha value is -2.92. The number of carbonyl (C=O) groups is 1. The molecule has 1 aromatic heterocycles. The van der Waals surface area contributed by atoms with E-state index in [4.69, 9.17) is 5.11 Å². The molecule has 1 fully saturated rings. The highest BCUT2D eigenvalue weighted by atomic mass is 32.2. The summed E-state index contributed by atoms with van der Waals surface area (Å²) in [5.41, 5.74) is -0.874. The average Bonchev–Trinajstić information content (AvgIpc) is 2.65. The van der Waals surface area contributed by atoms with Crippen LogP contribution in [-0.2, 0) is 16.6 Å². The molecule has 1 amide bonds. The number of aromatic hydroxyl groups is 1. The van der Waals surface area contributed by atoms with Crippen LogP contribution in [-0.4, -0.2) is 64.2 Å². The standard InChI is InChI=1S/C18H20FN3O6S/c1-12-10-20(8-9-21(12)18(25)26)11-13-6-7-22(17(24)16(13)23)29(27,28)15-4-2-14(19)3-5-15/h2-7,12,23H,8-11H2,1H3,(H,25,26). The summed E-state index contributed by atoms with van der Waals surface area (Å²) in [5.74, 6) is -1.32. The van der Waals surface area contributed by atoms with Gasteiger partial charge in [-0.1, -0.05) is 0 Å². The Morgan fingerprint density at radius 2 is 1.86 bits per heavy atom. The molecular formula is C18H20FN3O6S. The van der Waals surface area contributed by atoms with Crippen molar-refractivity contribution in [2.75, 3.05) is 19.6 Å². The zero-order valence-electron chi connectivity index (χ0n) is 15.5. The molecule has 29 heavy (non-hydrogen) atoms. The minimum Gasteiger partial charge on any atom is -0.503 e. The van der Waals surface area contributed by atoms with Gasteiger partial charge >= 0.3 is 11.7 Å². The third-order valence-corrected chi connectivity index (χ3v) is 6.51. The molecule has 2 heterocycles. The second-order valence-electron chi connectivity index (χ2n) is 6.81. The quantitative estimate of drug-likeness (QED) is 0.753. The van der Waals surface area contributed by atoms with E-state index in [1.165, 1.54) is 11.0 Å². The summed E-state index contributed by atoms with van der Waals surface area (Å²) in [5, 5.41) is 19.4. The van der Waals surface area contributed by atoms with Crippen LogP contribution in [0, 0.1) is 5.82 Å². The minimum absolute atomic E-state index is 0.163. The normalized spacial score (nSPS) is 18.0. The van der Waals surface area contributed by atoms with Gasteiger partial charge in [0.05, 0.1) is 4.90 Å². The molecule has 156 valence electrons. The van der Waals surface area contributed by atoms with Crippen molar-refractivity contribution in [2.24, 2.45) is 0 Å². The van der Waals surface area contributed by atoms with Crippen LogP contribution < -0.4 is 5.56 Å². The Balaban J connectivity index is 1.84. The molecule has 0 saturated carbocycles. The Bertz CT molecular complexity index is 1080. The summed E-state index contributed by atoms with van der Waals surface area (Å²) in [6.45, 7) is 3.02. The number of benzene rings is 1. The zero-order valence-corrected chi connectivity index (χ0v) is 16.3. The molecule has 1 aliphatic heterocycles. The molecule has 2 N–H and O–H groups in total. The molecular weight excluding hydrogens is 405 g/mol. The third-order valence-electron chi connectivity index (χ3n) is 4.84. The first-order chi connectivity index (χ1) is 13.6. The van der Waals surface area contributed by atoms with E-state index in [2.05, 4.69) is 0 Å².